The van der Waals surface area contributed by atoms with E-state index in [2.05, 4.69) is 0 Å². The molecule has 4 atom stereocenters. The van der Waals surface area contributed by atoms with E-state index in [1.54, 1.807) is 63.4 Å². The summed E-state index contributed by atoms with van der Waals surface area (Å²) in [4.78, 5) is 54.5. The van der Waals surface area contributed by atoms with Crippen molar-refractivity contribution >= 4 is 29.4 Å². The molecule has 0 radical (unpaired) electrons. The third-order valence-corrected chi connectivity index (χ3v) is 8.51. The van der Waals surface area contributed by atoms with Gasteiger partial charge in [0.2, 0.25) is 5.78 Å². The molecule has 0 bridgehead atoms. The fourth-order valence-corrected chi connectivity index (χ4v) is 6.70. The van der Waals surface area contributed by atoms with E-state index in [1.807, 2.05) is 0 Å². The van der Waals surface area contributed by atoms with Gasteiger partial charge in [-0.3, -0.25) is 24.1 Å². The molecule has 0 saturated carbocycles. The lowest BCUT2D eigenvalue weighted by Crippen LogP contribution is -2.63. The van der Waals surface area contributed by atoms with Crippen LogP contribution in [0, 0.1) is 11.8 Å². The van der Waals surface area contributed by atoms with Gasteiger partial charge >= 0.3 is 0 Å². The molecule has 0 fully saturated rings. The maximum absolute atomic E-state index is 14.1. The summed E-state index contributed by atoms with van der Waals surface area (Å²) in [5.74, 6) is -7.02. The molecule has 0 unspecified atom stereocenters. The first-order chi connectivity index (χ1) is 19.2. The number of aliphatic hydroxyl groups excluding tert-OH is 2. The zero-order chi connectivity index (χ0) is 30.1. The number of ketones is 2. The lowest BCUT2D eigenvalue weighted by Gasteiger charge is -2.50. The van der Waals surface area contributed by atoms with Gasteiger partial charge in [0.1, 0.15) is 29.1 Å². The van der Waals surface area contributed by atoms with E-state index in [9.17, 15) is 39.6 Å². The highest BCUT2D eigenvalue weighted by Crippen LogP contribution is 2.54. The van der Waals surface area contributed by atoms with Crippen molar-refractivity contribution in [2.24, 2.45) is 17.6 Å². The Hall–Kier alpha value is -4.48. The number of likely N-dealkylation sites (N-methyl/N-ethyl adjacent to an activating group) is 1. The van der Waals surface area contributed by atoms with E-state index in [1.165, 1.54) is 4.90 Å². The molecular formula is C30H31N3O8. The lowest BCUT2D eigenvalue weighted by atomic mass is 9.58. The normalized spacial score (nSPS) is 25.6. The van der Waals surface area contributed by atoms with Crippen LogP contribution < -0.4 is 10.6 Å². The molecule has 0 spiro atoms. The van der Waals surface area contributed by atoms with E-state index < -0.39 is 58.0 Å². The van der Waals surface area contributed by atoms with Crippen molar-refractivity contribution in [1.82, 2.24) is 4.90 Å². The number of anilines is 1. The number of benzene rings is 2. The van der Waals surface area contributed by atoms with Crippen LogP contribution in [-0.4, -0.2) is 88.9 Å². The van der Waals surface area contributed by atoms with E-state index >= 15 is 0 Å². The number of carbonyl (C=O) groups excluding carboxylic acids is 4. The van der Waals surface area contributed by atoms with E-state index in [4.69, 9.17) is 5.73 Å². The molecule has 3 aliphatic rings. The van der Waals surface area contributed by atoms with Crippen LogP contribution >= 0.6 is 0 Å². The smallest absolute Gasteiger partial charge is 0.255 e. The average molecular weight is 562 g/mol. The number of nitrogens with zero attached hydrogens (tertiary/aromatic N) is 2. The Balaban J connectivity index is 1.76. The number of fused-ring (bicyclic) bond motifs is 3. The minimum Gasteiger partial charge on any atom is -0.510 e. The van der Waals surface area contributed by atoms with Crippen molar-refractivity contribution in [3.63, 3.8) is 0 Å². The Bertz CT molecular complexity index is 1600. The Morgan fingerprint density at radius 2 is 1.78 bits per heavy atom. The van der Waals surface area contributed by atoms with Crippen molar-refractivity contribution in [3.05, 3.63) is 69.7 Å². The molecule has 1 amide bonds. The molecule has 2 aromatic carbocycles. The molecule has 0 saturated heterocycles. The van der Waals surface area contributed by atoms with Crippen molar-refractivity contribution in [2.75, 3.05) is 33.1 Å². The van der Waals surface area contributed by atoms with Crippen LogP contribution in [-0.2, 0) is 16.0 Å². The highest BCUT2D eigenvalue weighted by Gasteiger charge is 2.63. The Labute approximate surface area is 235 Å². The molecule has 0 heterocycles. The van der Waals surface area contributed by atoms with Crippen LogP contribution in [0.15, 0.2) is 53.0 Å². The van der Waals surface area contributed by atoms with E-state index in [0.717, 1.165) is 0 Å². The standard InChI is InChI=1S/C30H31N3O8/c1-32(2)19-11-16(14-7-5-6-13(8-14)12-34)24(35)21-17(19)9-15-10-18-23(33(3)4)26(37)22(29(31)40)28(39)30(18,41)27(38)20(15)25(21)36/h5-8,11-12,15,18,23,35,37-38,41H,9-10H2,1-4H3,(H2,31,40)/t15-,18-,23-,30-/m1/s1. The highest BCUT2D eigenvalue weighted by molar-refractivity contribution is 6.25. The second-order valence-corrected chi connectivity index (χ2v) is 11.2. The number of primary amides is 1. The summed E-state index contributed by atoms with van der Waals surface area (Å²) in [6.45, 7) is 0. The van der Waals surface area contributed by atoms with E-state index in [0.29, 0.717) is 28.7 Å². The molecule has 3 aliphatic carbocycles. The number of rotatable bonds is 5. The van der Waals surface area contributed by atoms with Crippen molar-refractivity contribution in [1.29, 1.82) is 0 Å². The number of aromatic hydroxyl groups is 1. The minimum atomic E-state index is -2.71. The van der Waals surface area contributed by atoms with Crippen molar-refractivity contribution in [2.45, 2.75) is 24.5 Å². The molecule has 11 nitrogen and oxygen atoms in total. The third-order valence-electron chi connectivity index (χ3n) is 8.51. The Morgan fingerprint density at radius 1 is 1.10 bits per heavy atom. The first-order valence-corrected chi connectivity index (χ1v) is 13.0. The number of Topliss-reactive ketones (excluding diaryl/α,β-unsaturated/α-hetero) is 2. The zero-order valence-corrected chi connectivity index (χ0v) is 23.0. The molecule has 11 heteroatoms. The summed E-state index contributed by atoms with van der Waals surface area (Å²) in [7, 11) is 6.72. The number of allylic oxidation sites excluding steroid dienone is 1. The summed E-state index contributed by atoms with van der Waals surface area (Å²) in [6.07, 6.45) is 0.838. The second kappa shape index (κ2) is 9.57. The molecular weight excluding hydrogens is 530 g/mol. The fourth-order valence-electron chi connectivity index (χ4n) is 6.70. The number of phenols is 1. The van der Waals surface area contributed by atoms with Crippen LogP contribution in [0.5, 0.6) is 5.75 Å². The van der Waals surface area contributed by atoms with Crippen molar-refractivity contribution < 1.29 is 39.6 Å². The maximum Gasteiger partial charge on any atom is 0.255 e. The van der Waals surface area contributed by atoms with Gasteiger partial charge in [-0.05, 0) is 56.1 Å². The fraction of sp³-hybridized carbons (Fsp3) is 0.333. The second-order valence-electron chi connectivity index (χ2n) is 11.2. The summed E-state index contributed by atoms with van der Waals surface area (Å²) in [5.41, 5.74) is 3.77. The summed E-state index contributed by atoms with van der Waals surface area (Å²) in [6, 6.07) is 7.16. The molecule has 6 N–H and O–H groups in total. The lowest BCUT2D eigenvalue weighted by molar-refractivity contribution is -0.148. The van der Waals surface area contributed by atoms with Crippen LogP contribution in [0.25, 0.3) is 11.1 Å². The number of carbonyl (C=O) groups is 4. The van der Waals surface area contributed by atoms with Gasteiger partial charge in [-0.25, -0.2) is 0 Å². The van der Waals surface area contributed by atoms with Crippen molar-refractivity contribution in [3.8, 4) is 16.9 Å². The summed E-state index contributed by atoms with van der Waals surface area (Å²) < 4.78 is 0. The molecule has 0 aromatic heterocycles. The number of hydrogen-bond donors (Lipinski definition) is 5. The van der Waals surface area contributed by atoms with E-state index in [-0.39, 0.29) is 35.3 Å². The quantitative estimate of drug-likeness (QED) is 0.266. The van der Waals surface area contributed by atoms with Gasteiger partial charge in [-0.2, -0.15) is 0 Å². The maximum atomic E-state index is 14.1. The van der Waals surface area contributed by atoms with Gasteiger partial charge in [-0.15, -0.1) is 0 Å². The predicted molar refractivity (Wildman–Crippen MR) is 149 cm³/mol. The minimum absolute atomic E-state index is 0.00250. The number of aldehydes is 1. The molecule has 0 aliphatic heterocycles. The van der Waals surface area contributed by atoms with Gasteiger partial charge in [-0.1, -0.05) is 18.2 Å². The zero-order valence-electron chi connectivity index (χ0n) is 23.0. The Morgan fingerprint density at radius 3 is 2.37 bits per heavy atom. The summed E-state index contributed by atoms with van der Waals surface area (Å²) in [5, 5.41) is 45.7. The number of hydrogen-bond acceptors (Lipinski definition) is 10. The largest absolute Gasteiger partial charge is 0.510 e. The Kier molecular flexibility index (Phi) is 6.55. The number of phenolic OH excluding ortho intramolecular Hbond substituents is 1. The molecule has 214 valence electrons. The van der Waals surface area contributed by atoms with Crippen LogP contribution in [0.4, 0.5) is 5.69 Å². The highest BCUT2D eigenvalue weighted by atomic mass is 16.3. The SMILES string of the molecule is CN(C)c1cc(-c2cccc(C=O)c2)c(O)c2c1C[C@@H]1C[C@@H]3[C@@H](N(C)C)C(O)=C(C(N)=O)C(=O)[C@]3(O)C(O)=C1C2=O. The first-order valence-electron chi connectivity index (χ1n) is 13.0. The monoisotopic (exact) mass is 561 g/mol. The van der Waals surface area contributed by atoms with Gasteiger partial charge in [0, 0.05) is 42.4 Å². The average Bonchev–Trinajstić information content (AvgIpc) is 2.90. The topological polar surface area (TPSA) is 182 Å². The van der Waals surface area contributed by atoms with Crippen LogP contribution in [0.3, 0.4) is 0 Å². The molecule has 2 aromatic rings. The molecule has 41 heavy (non-hydrogen) atoms. The van der Waals surface area contributed by atoms with Gasteiger partial charge < -0.3 is 31.1 Å². The van der Waals surface area contributed by atoms with Crippen LogP contribution in [0.1, 0.15) is 32.7 Å². The number of nitrogens with two attached hydrogens (primary N) is 1. The number of amides is 1. The third kappa shape index (κ3) is 3.87. The van der Waals surface area contributed by atoms with Gasteiger partial charge in [0.05, 0.1) is 11.6 Å². The summed E-state index contributed by atoms with van der Waals surface area (Å²) >= 11 is 0. The molecule has 5 rings (SSSR count). The first kappa shape index (κ1) is 28.1. The van der Waals surface area contributed by atoms with Gasteiger partial charge in [0.15, 0.2) is 11.4 Å². The predicted octanol–water partition coefficient (Wildman–Crippen LogP) is 1.67. The number of aliphatic hydroxyl groups is 3. The van der Waals surface area contributed by atoms with Crippen LogP contribution in [0.2, 0.25) is 0 Å². The van der Waals surface area contributed by atoms with Gasteiger partial charge in [0.25, 0.3) is 5.91 Å².